The predicted octanol–water partition coefficient (Wildman–Crippen LogP) is 3.58. The summed E-state index contributed by atoms with van der Waals surface area (Å²) in [5.74, 6) is 2.18. The first-order valence-electron chi connectivity index (χ1n) is 7.96. The van der Waals surface area contributed by atoms with Gasteiger partial charge < -0.3 is 14.8 Å². The molecule has 0 radical (unpaired) electrons. The summed E-state index contributed by atoms with van der Waals surface area (Å²) < 4.78 is 10.5. The van der Waals surface area contributed by atoms with E-state index in [1.807, 2.05) is 18.2 Å². The van der Waals surface area contributed by atoms with Crippen molar-refractivity contribution in [2.24, 2.45) is 5.92 Å². The number of aryl methyl sites for hydroxylation is 1. The zero-order valence-electron chi connectivity index (χ0n) is 14.4. The van der Waals surface area contributed by atoms with Crippen LogP contribution in [0.4, 0.5) is 0 Å². The number of amides is 1. The van der Waals surface area contributed by atoms with Gasteiger partial charge >= 0.3 is 0 Å². The lowest BCUT2D eigenvalue weighted by molar-refractivity contribution is -0.121. The van der Waals surface area contributed by atoms with Gasteiger partial charge in [0, 0.05) is 12.5 Å². The molecule has 0 aliphatic heterocycles. The van der Waals surface area contributed by atoms with E-state index in [1.165, 1.54) is 0 Å². The molecule has 1 atom stereocenters. The third-order valence-corrected chi connectivity index (χ3v) is 3.67. The van der Waals surface area contributed by atoms with E-state index >= 15 is 0 Å². The Balaban J connectivity index is 2.43. The lowest BCUT2D eigenvalue weighted by atomic mass is 10.0. The van der Waals surface area contributed by atoms with Crippen molar-refractivity contribution in [3.8, 4) is 11.5 Å². The third kappa shape index (κ3) is 6.37. The van der Waals surface area contributed by atoms with Crippen molar-refractivity contribution < 1.29 is 14.3 Å². The van der Waals surface area contributed by atoms with Crippen molar-refractivity contribution in [3.05, 3.63) is 23.8 Å². The molecule has 0 fully saturated rings. The summed E-state index contributed by atoms with van der Waals surface area (Å²) in [6, 6.07) is 6.00. The Hall–Kier alpha value is -1.71. The van der Waals surface area contributed by atoms with E-state index in [1.54, 1.807) is 14.2 Å². The van der Waals surface area contributed by atoms with Crippen molar-refractivity contribution in [2.45, 2.75) is 52.5 Å². The summed E-state index contributed by atoms with van der Waals surface area (Å²) in [5, 5.41) is 3.06. The van der Waals surface area contributed by atoms with Crippen LogP contribution in [0.5, 0.6) is 11.5 Å². The van der Waals surface area contributed by atoms with E-state index in [2.05, 4.69) is 26.1 Å². The first-order chi connectivity index (χ1) is 10.5. The molecule has 4 nitrogen and oxygen atoms in total. The van der Waals surface area contributed by atoms with Gasteiger partial charge in [0.2, 0.25) is 5.91 Å². The van der Waals surface area contributed by atoms with Crippen LogP contribution in [-0.2, 0) is 11.2 Å². The number of nitrogens with one attached hydrogen (secondary N) is 1. The first-order valence-corrected chi connectivity index (χ1v) is 7.96. The van der Waals surface area contributed by atoms with Crippen LogP contribution >= 0.6 is 0 Å². The molecule has 0 aromatic heterocycles. The van der Waals surface area contributed by atoms with Crippen molar-refractivity contribution in [1.82, 2.24) is 5.32 Å². The molecule has 0 heterocycles. The van der Waals surface area contributed by atoms with Crippen LogP contribution in [0.2, 0.25) is 0 Å². The quantitative estimate of drug-likeness (QED) is 0.758. The van der Waals surface area contributed by atoms with Gasteiger partial charge in [-0.2, -0.15) is 0 Å². The zero-order valence-corrected chi connectivity index (χ0v) is 14.4. The summed E-state index contributed by atoms with van der Waals surface area (Å²) in [6.45, 7) is 6.47. The number of hydrogen-bond donors (Lipinski definition) is 1. The van der Waals surface area contributed by atoms with Crippen LogP contribution in [0.15, 0.2) is 18.2 Å². The highest BCUT2D eigenvalue weighted by molar-refractivity contribution is 5.76. The molecule has 1 N–H and O–H groups in total. The maximum atomic E-state index is 12.0. The van der Waals surface area contributed by atoms with Crippen molar-refractivity contribution in [1.29, 1.82) is 0 Å². The van der Waals surface area contributed by atoms with Crippen LogP contribution in [-0.4, -0.2) is 26.2 Å². The Morgan fingerprint density at radius 1 is 1.09 bits per heavy atom. The second kappa shape index (κ2) is 9.34. The maximum absolute atomic E-state index is 12.0. The van der Waals surface area contributed by atoms with Gasteiger partial charge in [0.05, 0.1) is 14.2 Å². The monoisotopic (exact) mass is 307 g/mol. The Labute approximate surface area is 134 Å². The van der Waals surface area contributed by atoms with Crippen LogP contribution in [0.3, 0.4) is 0 Å². The standard InChI is InChI=1S/C18H29NO3/c1-13(2)6-7-14(3)19-18(20)11-9-15-8-10-16(21-4)17(12-15)22-5/h8,10,12-14H,6-7,9,11H2,1-5H3,(H,19,20). The number of ether oxygens (including phenoxy) is 2. The molecule has 1 rings (SSSR count). The molecule has 0 bridgehead atoms. The van der Waals surface area contributed by atoms with E-state index in [0.717, 1.165) is 18.4 Å². The minimum atomic E-state index is 0.103. The van der Waals surface area contributed by atoms with Gasteiger partial charge in [-0.25, -0.2) is 0 Å². The average Bonchev–Trinajstić information content (AvgIpc) is 2.50. The molecule has 1 unspecified atom stereocenters. The van der Waals surface area contributed by atoms with Crippen LogP contribution in [0, 0.1) is 5.92 Å². The second-order valence-corrected chi connectivity index (χ2v) is 6.13. The maximum Gasteiger partial charge on any atom is 0.220 e. The van der Waals surface area contributed by atoms with Gasteiger partial charge in [0.15, 0.2) is 11.5 Å². The predicted molar refractivity (Wildman–Crippen MR) is 89.5 cm³/mol. The minimum absolute atomic E-state index is 0.103. The smallest absolute Gasteiger partial charge is 0.220 e. The first kappa shape index (κ1) is 18.3. The van der Waals surface area contributed by atoms with E-state index in [4.69, 9.17) is 9.47 Å². The molecule has 124 valence electrons. The average molecular weight is 307 g/mol. The zero-order chi connectivity index (χ0) is 16.5. The molecule has 0 saturated heterocycles. The number of methoxy groups -OCH3 is 2. The van der Waals surface area contributed by atoms with Gasteiger partial charge in [0.25, 0.3) is 0 Å². The normalized spacial score (nSPS) is 12.1. The second-order valence-electron chi connectivity index (χ2n) is 6.13. The summed E-state index contributed by atoms with van der Waals surface area (Å²) >= 11 is 0. The Morgan fingerprint density at radius 3 is 2.36 bits per heavy atom. The molecular formula is C18H29NO3. The van der Waals surface area contributed by atoms with Gasteiger partial charge in [0.1, 0.15) is 0 Å². The minimum Gasteiger partial charge on any atom is -0.493 e. The summed E-state index contributed by atoms with van der Waals surface area (Å²) in [7, 11) is 3.23. The summed E-state index contributed by atoms with van der Waals surface area (Å²) in [5.41, 5.74) is 1.07. The number of carbonyl (C=O) groups excluding carboxylic acids is 1. The highest BCUT2D eigenvalue weighted by atomic mass is 16.5. The third-order valence-electron chi connectivity index (χ3n) is 3.67. The van der Waals surface area contributed by atoms with Gasteiger partial charge in [-0.3, -0.25) is 4.79 Å². The van der Waals surface area contributed by atoms with E-state index in [-0.39, 0.29) is 11.9 Å². The molecule has 0 aliphatic carbocycles. The van der Waals surface area contributed by atoms with Crippen molar-refractivity contribution >= 4 is 5.91 Å². The van der Waals surface area contributed by atoms with Crippen molar-refractivity contribution in [3.63, 3.8) is 0 Å². The van der Waals surface area contributed by atoms with Crippen LogP contribution < -0.4 is 14.8 Å². The molecule has 0 spiro atoms. The molecule has 0 aliphatic rings. The lowest BCUT2D eigenvalue weighted by Gasteiger charge is -2.15. The summed E-state index contributed by atoms with van der Waals surface area (Å²) in [6.07, 6.45) is 3.35. The molecule has 4 heteroatoms. The van der Waals surface area contributed by atoms with Crippen LogP contribution in [0.25, 0.3) is 0 Å². The number of hydrogen-bond acceptors (Lipinski definition) is 3. The van der Waals surface area contributed by atoms with Gasteiger partial charge in [-0.15, -0.1) is 0 Å². The molecule has 1 aromatic rings. The molecule has 0 saturated carbocycles. The molecule has 22 heavy (non-hydrogen) atoms. The van der Waals surface area contributed by atoms with Crippen molar-refractivity contribution in [2.75, 3.05) is 14.2 Å². The van der Waals surface area contributed by atoms with Gasteiger partial charge in [-0.1, -0.05) is 19.9 Å². The van der Waals surface area contributed by atoms with E-state index < -0.39 is 0 Å². The van der Waals surface area contributed by atoms with E-state index in [9.17, 15) is 4.79 Å². The van der Waals surface area contributed by atoms with Crippen LogP contribution in [0.1, 0.15) is 45.6 Å². The Bertz CT molecular complexity index is 471. The summed E-state index contributed by atoms with van der Waals surface area (Å²) in [4.78, 5) is 12.0. The number of rotatable bonds is 9. The molecular weight excluding hydrogens is 278 g/mol. The Morgan fingerprint density at radius 2 is 1.77 bits per heavy atom. The highest BCUT2D eigenvalue weighted by Gasteiger charge is 2.10. The fourth-order valence-corrected chi connectivity index (χ4v) is 2.30. The topological polar surface area (TPSA) is 47.6 Å². The SMILES string of the molecule is COc1ccc(CCC(=O)NC(C)CCC(C)C)cc1OC. The van der Waals surface area contributed by atoms with Gasteiger partial charge in [-0.05, 0) is 49.8 Å². The largest absolute Gasteiger partial charge is 0.493 e. The lowest BCUT2D eigenvalue weighted by Crippen LogP contribution is -2.32. The fraction of sp³-hybridized carbons (Fsp3) is 0.611. The molecule has 1 aromatic carbocycles. The number of benzene rings is 1. The fourth-order valence-electron chi connectivity index (χ4n) is 2.30. The number of carbonyl (C=O) groups is 1. The highest BCUT2D eigenvalue weighted by Crippen LogP contribution is 2.27. The Kier molecular flexibility index (Phi) is 7.78. The molecule has 1 amide bonds. The van der Waals surface area contributed by atoms with E-state index in [0.29, 0.717) is 30.3 Å².